The van der Waals surface area contributed by atoms with E-state index < -0.39 is 0 Å². The Morgan fingerprint density at radius 3 is 2.38 bits per heavy atom. The van der Waals surface area contributed by atoms with Crippen LogP contribution in [0, 0.1) is 0 Å². The standard InChI is InChI=1S/C19H20N4O.2ClH/c24-17-13-21-18(14-5-2-1-3-6-14)15-7-4-8-16(19(15)22-17)23-11-9-20-10-12-23;;/h1-8,20H,9-13H2,(H,22,24);2*1H. The molecule has 0 atom stereocenters. The van der Waals surface area contributed by atoms with E-state index in [1.165, 1.54) is 0 Å². The first-order valence-corrected chi connectivity index (χ1v) is 8.32. The van der Waals surface area contributed by atoms with E-state index in [9.17, 15) is 4.79 Å². The fourth-order valence-electron chi connectivity index (χ4n) is 3.30. The van der Waals surface area contributed by atoms with Crippen molar-refractivity contribution >= 4 is 47.8 Å². The Morgan fingerprint density at radius 2 is 1.65 bits per heavy atom. The van der Waals surface area contributed by atoms with E-state index in [-0.39, 0.29) is 37.3 Å². The number of hydrogen-bond donors (Lipinski definition) is 2. The van der Waals surface area contributed by atoms with Crippen molar-refractivity contribution in [2.45, 2.75) is 0 Å². The van der Waals surface area contributed by atoms with Gasteiger partial charge >= 0.3 is 0 Å². The minimum absolute atomic E-state index is 0. The topological polar surface area (TPSA) is 56.7 Å². The largest absolute Gasteiger partial charge is 0.367 e. The van der Waals surface area contributed by atoms with Gasteiger partial charge in [0.1, 0.15) is 6.54 Å². The molecule has 4 rings (SSSR count). The molecule has 2 aromatic rings. The van der Waals surface area contributed by atoms with Crippen LogP contribution in [0.15, 0.2) is 53.5 Å². The van der Waals surface area contributed by atoms with Gasteiger partial charge < -0.3 is 15.5 Å². The SMILES string of the molecule is Cl.Cl.O=C1CN=C(c2ccccc2)c2cccc(N3CCNCC3)c2N1. The van der Waals surface area contributed by atoms with Crippen molar-refractivity contribution in [3.8, 4) is 0 Å². The molecular formula is C19H22Cl2N4O. The van der Waals surface area contributed by atoms with Gasteiger partial charge in [0.2, 0.25) is 5.91 Å². The fourth-order valence-corrected chi connectivity index (χ4v) is 3.30. The van der Waals surface area contributed by atoms with Crippen LogP contribution in [-0.2, 0) is 4.79 Å². The van der Waals surface area contributed by atoms with Crippen molar-refractivity contribution < 1.29 is 4.79 Å². The monoisotopic (exact) mass is 392 g/mol. The minimum Gasteiger partial charge on any atom is -0.367 e. The zero-order chi connectivity index (χ0) is 16.4. The zero-order valence-electron chi connectivity index (χ0n) is 14.3. The summed E-state index contributed by atoms with van der Waals surface area (Å²) in [5, 5.41) is 6.44. The van der Waals surface area contributed by atoms with Gasteiger partial charge in [0.15, 0.2) is 0 Å². The Labute approximate surface area is 165 Å². The van der Waals surface area contributed by atoms with E-state index in [1.54, 1.807) is 0 Å². The third-order valence-electron chi connectivity index (χ3n) is 4.45. The second-order valence-corrected chi connectivity index (χ2v) is 6.02. The van der Waals surface area contributed by atoms with Crippen LogP contribution in [0.1, 0.15) is 11.1 Å². The molecule has 0 radical (unpaired) electrons. The summed E-state index contributed by atoms with van der Waals surface area (Å²) in [7, 11) is 0. The number of amides is 1. The Kier molecular flexibility index (Phi) is 7.03. The molecule has 2 aromatic carbocycles. The molecule has 0 spiro atoms. The van der Waals surface area contributed by atoms with Gasteiger partial charge in [-0.1, -0.05) is 42.5 Å². The molecule has 0 bridgehead atoms. The van der Waals surface area contributed by atoms with Crippen molar-refractivity contribution in [2.75, 3.05) is 42.9 Å². The quantitative estimate of drug-likeness (QED) is 0.825. The summed E-state index contributed by atoms with van der Waals surface area (Å²) in [6.07, 6.45) is 0. The second-order valence-electron chi connectivity index (χ2n) is 6.02. The number of nitrogens with zero attached hydrogens (tertiary/aromatic N) is 2. The smallest absolute Gasteiger partial charge is 0.246 e. The van der Waals surface area contributed by atoms with E-state index in [0.717, 1.165) is 54.4 Å². The molecule has 7 heteroatoms. The van der Waals surface area contributed by atoms with Crippen LogP contribution in [0.25, 0.3) is 0 Å². The lowest BCUT2D eigenvalue weighted by atomic mass is 9.99. The second kappa shape index (κ2) is 9.03. The van der Waals surface area contributed by atoms with Crippen molar-refractivity contribution in [1.29, 1.82) is 0 Å². The maximum absolute atomic E-state index is 12.2. The molecule has 0 unspecified atom stereocenters. The number of nitrogens with one attached hydrogen (secondary N) is 2. The number of benzene rings is 2. The summed E-state index contributed by atoms with van der Waals surface area (Å²) in [6, 6.07) is 16.2. The van der Waals surface area contributed by atoms with Gasteiger partial charge in [-0.15, -0.1) is 24.8 Å². The fraction of sp³-hybridized carbons (Fsp3) is 0.263. The molecule has 2 heterocycles. The van der Waals surface area contributed by atoms with Crippen LogP contribution in [0.5, 0.6) is 0 Å². The van der Waals surface area contributed by atoms with Gasteiger partial charge in [-0.2, -0.15) is 0 Å². The van der Waals surface area contributed by atoms with Gasteiger partial charge in [0.05, 0.1) is 17.1 Å². The molecule has 5 nitrogen and oxygen atoms in total. The predicted octanol–water partition coefficient (Wildman–Crippen LogP) is 2.73. The summed E-state index contributed by atoms with van der Waals surface area (Å²) in [5.74, 6) is -0.0650. The number of hydrogen-bond acceptors (Lipinski definition) is 4. The molecule has 1 saturated heterocycles. The molecule has 1 amide bonds. The molecule has 2 aliphatic heterocycles. The third-order valence-corrected chi connectivity index (χ3v) is 4.45. The number of anilines is 2. The van der Waals surface area contributed by atoms with Crippen molar-refractivity contribution in [3.05, 3.63) is 59.7 Å². The lowest BCUT2D eigenvalue weighted by molar-refractivity contribution is -0.114. The van der Waals surface area contributed by atoms with Crippen LogP contribution >= 0.6 is 24.8 Å². The third kappa shape index (κ3) is 4.01. The zero-order valence-corrected chi connectivity index (χ0v) is 15.9. The van der Waals surface area contributed by atoms with Gasteiger partial charge in [0, 0.05) is 37.3 Å². The number of aliphatic imine (C=N–C) groups is 1. The predicted molar refractivity (Wildman–Crippen MR) is 112 cm³/mol. The summed E-state index contributed by atoms with van der Waals surface area (Å²) in [5.41, 5.74) is 4.86. The first-order valence-electron chi connectivity index (χ1n) is 8.32. The van der Waals surface area contributed by atoms with Gasteiger partial charge in [-0.25, -0.2) is 0 Å². The van der Waals surface area contributed by atoms with Crippen molar-refractivity contribution in [2.24, 2.45) is 4.99 Å². The Hall–Kier alpha value is -2.08. The van der Waals surface area contributed by atoms with E-state index in [4.69, 9.17) is 0 Å². The van der Waals surface area contributed by atoms with Gasteiger partial charge in [-0.3, -0.25) is 9.79 Å². The average Bonchev–Trinajstić information content (AvgIpc) is 2.81. The number of halogens is 2. The summed E-state index contributed by atoms with van der Waals surface area (Å²) in [4.78, 5) is 19.1. The van der Waals surface area contributed by atoms with Crippen LogP contribution in [0.2, 0.25) is 0 Å². The highest BCUT2D eigenvalue weighted by atomic mass is 35.5. The maximum Gasteiger partial charge on any atom is 0.246 e. The molecule has 2 aliphatic rings. The molecule has 0 aromatic heterocycles. The van der Waals surface area contributed by atoms with Crippen LogP contribution in [0.4, 0.5) is 11.4 Å². The minimum atomic E-state index is -0.0650. The first-order chi connectivity index (χ1) is 11.8. The van der Waals surface area contributed by atoms with E-state index in [1.807, 2.05) is 42.5 Å². The molecule has 26 heavy (non-hydrogen) atoms. The number of carbonyl (C=O) groups is 1. The van der Waals surface area contributed by atoms with Crippen LogP contribution in [0.3, 0.4) is 0 Å². The molecule has 2 N–H and O–H groups in total. The number of piperazine rings is 1. The highest BCUT2D eigenvalue weighted by Crippen LogP contribution is 2.33. The number of fused-ring (bicyclic) bond motifs is 1. The number of benzodiazepines with no additional fused rings is 1. The lowest BCUT2D eigenvalue weighted by Crippen LogP contribution is -2.44. The Bertz CT molecular complexity index is 789. The number of carbonyl (C=O) groups excluding carboxylic acids is 1. The van der Waals surface area contributed by atoms with E-state index in [0.29, 0.717) is 0 Å². The van der Waals surface area contributed by atoms with E-state index >= 15 is 0 Å². The average molecular weight is 393 g/mol. The van der Waals surface area contributed by atoms with Crippen molar-refractivity contribution in [1.82, 2.24) is 5.32 Å². The van der Waals surface area contributed by atoms with Crippen LogP contribution < -0.4 is 15.5 Å². The maximum atomic E-state index is 12.2. The number of para-hydroxylation sites is 1. The summed E-state index contributed by atoms with van der Waals surface area (Å²) < 4.78 is 0. The van der Waals surface area contributed by atoms with E-state index in [2.05, 4.69) is 26.6 Å². The summed E-state index contributed by atoms with van der Waals surface area (Å²) in [6.45, 7) is 3.93. The lowest BCUT2D eigenvalue weighted by Gasteiger charge is -2.31. The number of rotatable bonds is 2. The van der Waals surface area contributed by atoms with Gasteiger partial charge in [0.25, 0.3) is 0 Å². The first kappa shape index (κ1) is 20.2. The normalized spacial score (nSPS) is 16.2. The molecule has 0 aliphatic carbocycles. The summed E-state index contributed by atoms with van der Waals surface area (Å²) >= 11 is 0. The molecule has 138 valence electrons. The molecular weight excluding hydrogens is 371 g/mol. The van der Waals surface area contributed by atoms with Crippen molar-refractivity contribution in [3.63, 3.8) is 0 Å². The Morgan fingerprint density at radius 1 is 0.923 bits per heavy atom. The van der Waals surface area contributed by atoms with Crippen LogP contribution in [-0.4, -0.2) is 44.3 Å². The highest BCUT2D eigenvalue weighted by molar-refractivity contribution is 6.20. The molecule has 0 saturated carbocycles. The Balaban J connectivity index is 0.00000121. The van der Waals surface area contributed by atoms with Gasteiger partial charge in [-0.05, 0) is 6.07 Å². The highest BCUT2D eigenvalue weighted by Gasteiger charge is 2.23. The molecule has 1 fully saturated rings.